The molecule has 0 N–H and O–H groups in total. The van der Waals surface area contributed by atoms with Gasteiger partial charge in [0.25, 0.3) is 11.2 Å². The lowest BCUT2D eigenvalue weighted by molar-refractivity contribution is -0.384. The quantitative estimate of drug-likeness (QED) is 0.121. The molecular weight excluding hydrogens is 654 g/mol. The van der Waals surface area contributed by atoms with Gasteiger partial charge in [-0.15, -0.1) is 0 Å². The molecule has 1 aliphatic heterocycles. The normalized spacial score (nSPS) is 14.7. The largest absolute Gasteiger partial charge is 0.490 e. The Kier molecular flexibility index (Phi) is 9.16. The Bertz CT molecular complexity index is 1970. The van der Waals surface area contributed by atoms with Gasteiger partial charge < -0.3 is 18.6 Å². The zero-order valence-electron chi connectivity index (χ0n) is 24.3. The Labute approximate surface area is 264 Å². The summed E-state index contributed by atoms with van der Waals surface area (Å²) in [6.07, 6.45) is 1.56. The van der Waals surface area contributed by atoms with Crippen molar-refractivity contribution in [1.29, 1.82) is 0 Å². The molecule has 4 aromatic rings. The summed E-state index contributed by atoms with van der Waals surface area (Å²) >= 11 is 4.40. The first-order valence-electron chi connectivity index (χ1n) is 13.8. The molecule has 2 aromatic carbocycles. The molecule has 0 unspecified atom stereocenters. The molecule has 0 bridgehead atoms. The third-order valence-electron chi connectivity index (χ3n) is 6.72. The summed E-state index contributed by atoms with van der Waals surface area (Å²) in [6, 6.07) is 12.4. The molecule has 0 amide bonds. The fraction of sp³-hybridized carbons (Fsp3) is 0.258. The summed E-state index contributed by atoms with van der Waals surface area (Å²) in [6.45, 7) is 8.12. The van der Waals surface area contributed by atoms with E-state index in [4.69, 9.17) is 18.6 Å². The van der Waals surface area contributed by atoms with E-state index < -0.39 is 22.5 Å². The van der Waals surface area contributed by atoms with Crippen LogP contribution in [0.1, 0.15) is 45.1 Å². The number of carbonyl (C=O) groups excluding carboxylic acids is 1. The maximum atomic E-state index is 14.0. The highest BCUT2D eigenvalue weighted by molar-refractivity contribution is 9.10. The highest BCUT2D eigenvalue weighted by Gasteiger charge is 2.34. The predicted octanol–water partition coefficient (Wildman–Crippen LogP) is 5.53. The zero-order chi connectivity index (χ0) is 31.5. The molecule has 1 atom stereocenters. The summed E-state index contributed by atoms with van der Waals surface area (Å²) in [5, 5.41) is 11.6. The lowest BCUT2D eigenvalue weighted by Crippen LogP contribution is -2.40. The van der Waals surface area contributed by atoms with Crippen molar-refractivity contribution in [2.75, 3.05) is 19.8 Å². The molecule has 1 aliphatic rings. The number of furan rings is 1. The molecule has 13 heteroatoms. The summed E-state index contributed by atoms with van der Waals surface area (Å²) in [5.41, 5.74) is 1.06. The Morgan fingerprint density at radius 1 is 1.09 bits per heavy atom. The number of carbonyl (C=O) groups is 1. The van der Waals surface area contributed by atoms with Gasteiger partial charge in [0.15, 0.2) is 16.3 Å². The number of thiazole rings is 1. The van der Waals surface area contributed by atoms with Crippen molar-refractivity contribution in [3.05, 3.63) is 105 Å². The molecular formula is C31H28BrN3O8S. The highest BCUT2D eigenvalue weighted by atomic mass is 79.9. The minimum absolute atomic E-state index is 0.122. The van der Waals surface area contributed by atoms with Gasteiger partial charge in [0.2, 0.25) is 0 Å². The first kappa shape index (κ1) is 31.0. The maximum absolute atomic E-state index is 14.0. The number of fused-ring (bicyclic) bond motifs is 1. The molecule has 44 heavy (non-hydrogen) atoms. The van der Waals surface area contributed by atoms with Crippen LogP contribution in [0.4, 0.5) is 5.69 Å². The molecule has 0 saturated heterocycles. The number of rotatable bonds is 10. The Morgan fingerprint density at radius 3 is 2.55 bits per heavy atom. The van der Waals surface area contributed by atoms with E-state index in [9.17, 15) is 19.7 Å². The molecule has 3 heterocycles. The molecule has 11 nitrogen and oxygen atoms in total. The van der Waals surface area contributed by atoms with Crippen LogP contribution in [0.5, 0.6) is 11.5 Å². The van der Waals surface area contributed by atoms with Gasteiger partial charge in [-0.2, -0.15) is 0 Å². The summed E-state index contributed by atoms with van der Waals surface area (Å²) in [7, 11) is 0. The number of halogens is 1. The van der Waals surface area contributed by atoms with Crippen LogP contribution in [-0.4, -0.2) is 35.3 Å². The number of esters is 1. The third-order valence-corrected chi connectivity index (χ3v) is 8.20. The molecule has 2 aromatic heterocycles. The van der Waals surface area contributed by atoms with Crippen LogP contribution in [0.3, 0.4) is 0 Å². The van der Waals surface area contributed by atoms with Crippen molar-refractivity contribution < 1.29 is 28.3 Å². The van der Waals surface area contributed by atoms with Gasteiger partial charge in [0.1, 0.15) is 11.5 Å². The minimum Gasteiger partial charge on any atom is -0.490 e. The van der Waals surface area contributed by atoms with Crippen molar-refractivity contribution >= 4 is 45.0 Å². The number of ether oxygens (including phenoxy) is 3. The third kappa shape index (κ3) is 5.97. The van der Waals surface area contributed by atoms with E-state index in [0.29, 0.717) is 61.1 Å². The first-order valence-corrected chi connectivity index (χ1v) is 15.4. The standard InChI is InChI=1S/C31H28BrN3O8S/c1-5-40-24-12-8-18(14-25(24)41-6-2)28-27(30(37)42-7-3)17(4)33-31-34(28)29(36)26(44-31)16-20-10-13-23(43-20)21-11-9-19(32)15-22(21)35(38)39/h8-16,28H,5-7H2,1-4H3/b26-16-/t28-/m1/s1. The SMILES string of the molecule is CCOC(=O)C1=C(C)N=c2s/c(=C\c3ccc(-c4ccc(Br)cc4[N+](=O)[O-])o3)c(=O)n2[C@@H]1c1ccc(OCC)c(OCC)c1. The van der Waals surface area contributed by atoms with Gasteiger partial charge >= 0.3 is 5.97 Å². The molecule has 0 aliphatic carbocycles. The Hall–Kier alpha value is -4.49. The van der Waals surface area contributed by atoms with Crippen LogP contribution in [0.2, 0.25) is 0 Å². The van der Waals surface area contributed by atoms with E-state index in [1.165, 1.54) is 10.6 Å². The number of aromatic nitrogens is 1. The average Bonchev–Trinajstić information content (AvgIpc) is 3.57. The van der Waals surface area contributed by atoms with Crippen LogP contribution in [-0.2, 0) is 9.53 Å². The molecule has 0 saturated carbocycles. The Balaban J connectivity index is 1.65. The maximum Gasteiger partial charge on any atom is 0.338 e. The second kappa shape index (κ2) is 13.0. The van der Waals surface area contributed by atoms with E-state index in [1.54, 1.807) is 62.4 Å². The number of nitro benzene ring substituents is 1. The predicted molar refractivity (Wildman–Crippen MR) is 168 cm³/mol. The van der Waals surface area contributed by atoms with Crippen molar-refractivity contribution in [2.24, 2.45) is 4.99 Å². The average molecular weight is 683 g/mol. The molecule has 0 spiro atoms. The van der Waals surface area contributed by atoms with E-state index in [0.717, 1.165) is 11.3 Å². The van der Waals surface area contributed by atoms with E-state index in [-0.39, 0.29) is 23.6 Å². The monoisotopic (exact) mass is 681 g/mol. The highest BCUT2D eigenvalue weighted by Crippen LogP contribution is 2.37. The van der Waals surface area contributed by atoms with Crippen LogP contribution in [0.15, 0.2) is 78.5 Å². The van der Waals surface area contributed by atoms with Crippen molar-refractivity contribution in [2.45, 2.75) is 33.7 Å². The van der Waals surface area contributed by atoms with Gasteiger partial charge in [0.05, 0.1) is 52.2 Å². The molecule has 0 fully saturated rings. The van der Waals surface area contributed by atoms with Gasteiger partial charge in [-0.05, 0) is 69.7 Å². The Morgan fingerprint density at radius 2 is 1.84 bits per heavy atom. The fourth-order valence-corrected chi connectivity index (χ4v) is 6.29. The van der Waals surface area contributed by atoms with Gasteiger partial charge in [-0.25, -0.2) is 9.79 Å². The number of hydrogen-bond acceptors (Lipinski definition) is 10. The second-order valence-electron chi connectivity index (χ2n) is 9.50. The number of nitro groups is 1. The summed E-state index contributed by atoms with van der Waals surface area (Å²) in [5.74, 6) is 1.05. The van der Waals surface area contributed by atoms with Gasteiger partial charge in [-0.1, -0.05) is 33.3 Å². The summed E-state index contributed by atoms with van der Waals surface area (Å²) in [4.78, 5) is 43.4. The lowest BCUT2D eigenvalue weighted by atomic mass is 9.95. The van der Waals surface area contributed by atoms with Crippen molar-refractivity contribution in [3.8, 4) is 22.8 Å². The van der Waals surface area contributed by atoms with Crippen LogP contribution >= 0.6 is 27.3 Å². The summed E-state index contributed by atoms with van der Waals surface area (Å²) < 4.78 is 25.2. The minimum atomic E-state index is -0.847. The van der Waals surface area contributed by atoms with Crippen molar-refractivity contribution in [3.63, 3.8) is 0 Å². The number of benzene rings is 2. The van der Waals surface area contributed by atoms with E-state index in [1.807, 2.05) is 13.8 Å². The lowest BCUT2D eigenvalue weighted by Gasteiger charge is -2.25. The van der Waals surface area contributed by atoms with Crippen LogP contribution < -0.4 is 24.4 Å². The molecule has 5 rings (SSSR count). The van der Waals surface area contributed by atoms with Crippen LogP contribution in [0, 0.1) is 10.1 Å². The van der Waals surface area contributed by atoms with Gasteiger partial charge in [-0.3, -0.25) is 19.5 Å². The van der Waals surface area contributed by atoms with Crippen molar-refractivity contribution in [1.82, 2.24) is 4.57 Å². The van der Waals surface area contributed by atoms with Crippen LogP contribution in [0.25, 0.3) is 17.4 Å². The zero-order valence-corrected chi connectivity index (χ0v) is 26.7. The molecule has 0 radical (unpaired) electrons. The second-order valence-corrected chi connectivity index (χ2v) is 11.4. The molecule has 228 valence electrons. The fourth-order valence-electron chi connectivity index (χ4n) is 4.91. The number of nitrogens with zero attached hydrogens (tertiary/aromatic N) is 3. The van der Waals surface area contributed by atoms with E-state index in [2.05, 4.69) is 20.9 Å². The number of hydrogen-bond donors (Lipinski definition) is 0. The first-order chi connectivity index (χ1) is 21.2. The number of allylic oxidation sites excluding steroid dienone is 1. The topological polar surface area (TPSA) is 135 Å². The van der Waals surface area contributed by atoms with Gasteiger partial charge in [0, 0.05) is 16.6 Å². The smallest absolute Gasteiger partial charge is 0.338 e. The van der Waals surface area contributed by atoms with E-state index >= 15 is 0 Å².